The van der Waals surface area contributed by atoms with E-state index >= 15 is 0 Å². The Morgan fingerprint density at radius 2 is 1.96 bits per heavy atom. The molecule has 3 rings (SSSR count). The fourth-order valence-electron chi connectivity index (χ4n) is 2.66. The van der Waals surface area contributed by atoms with Crippen LogP contribution in [0.2, 0.25) is 5.15 Å². The number of pyridine rings is 1. The molecule has 3 aromatic rings. The van der Waals surface area contributed by atoms with Crippen molar-refractivity contribution in [1.29, 1.82) is 0 Å². The van der Waals surface area contributed by atoms with E-state index in [0.717, 1.165) is 10.5 Å². The molecule has 0 atom stereocenters. The number of amides is 1. The number of hydrogen-bond acceptors (Lipinski definition) is 5. The molecule has 1 amide bonds. The number of hydrogen-bond donors (Lipinski definition) is 2. The number of carbonyl (C=O) groups excluding carboxylic acids is 1. The summed E-state index contributed by atoms with van der Waals surface area (Å²) >= 11 is 5.82. The molecule has 0 unspecified atom stereocenters. The van der Waals surface area contributed by atoms with Gasteiger partial charge in [-0.3, -0.25) is 19.1 Å². The average Bonchev–Trinajstić information content (AvgIpc) is 2.65. The smallest absolute Gasteiger partial charge is 0.330 e. The van der Waals surface area contributed by atoms with Crippen molar-refractivity contribution < 1.29 is 4.79 Å². The van der Waals surface area contributed by atoms with E-state index in [4.69, 9.17) is 17.3 Å². The maximum Gasteiger partial charge on any atom is 0.330 e. The second-order valence-electron chi connectivity index (χ2n) is 5.80. The average molecular weight is 386 g/mol. The van der Waals surface area contributed by atoms with E-state index in [1.807, 2.05) is 30.3 Å². The lowest BCUT2D eigenvalue weighted by atomic mass is 10.2. The van der Waals surface area contributed by atoms with Gasteiger partial charge in [-0.05, 0) is 17.7 Å². The van der Waals surface area contributed by atoms with Gasteiger partial charge in [0, 0.05) is 18.8 Å². The molecule has 27 heavy (non-hydrogen) atoms. The van der Waals surface area contributed by atoms with E-state index in [2.05, 4.69) is 9.97 Å². The summed E-state index contributed by atoms with van der Waals surface area (Å²) in [5, 5.41) is 0.144. The van der Waals surface area contributed by atoms with Gasteiger partial charge in [0.05, 0.1) is 6.54 Å². The number of halogens is 1. The van der Waals surface area contributed by atoms with Gasteiger partial charge in [0.25, 0.3) is 11.5 Å². The standard InChI is InChI=1S/C18H16ClN5O3/c1-23(17(26)12-7-8-21-13(19)9-12)14-15(20)24(18(27)22-16(14)25)10-11-5-3-2-4-6-11/h2-9H,10,20H2,1H3,(H,22,25,27). The zero-order valence-corrected chi connectivity index (χ0v) is 15.1. The number of aromatic nitrogens is 3. The van der Waals surface area contributed by atoms with Gasteiger partial charge >= 0.3 is 5.69 Å². The number of rotatable bonds is 4. The first kappa shape index (κ1) is 18.4. The zero-order valence-electron chi connectivity index (χ0n) is 14.3. The molecular formula is C18H16ClN5O3. The molecule has 0 saturated carbocycles. The van der Waals surface area contributed by atoms with Crippen molar-refractivity contribution in [2.24, 2.45) is 0 Å². The van der Waals surface area contributed by atoms with Crippen LogP contribution in [-0.4, -0.2) is 27.5 Å². The summed E-state index contributed by atoms with van der Waals surface area (Å²) in [5.74, 6) is -0.620. The van der Waals surface area contributed by atoms with Crippen LogP contribution < -0.4 is 21.9 Å². The van der Waals surface area contributed by atoms with E-state index in [-0.39, 0.29) is 28.8 Å². The number of benzene rings is 1. The summed E-state index contributed by atoms with van der Waals surface area (Å²) in [6.45, 7) is 0.151. The third-order valence-electron chi connectivity index (χ3n) is 4.01. The Labute approximate surface area is 158 Å². The lowest BCUT2D eigenvalue weighted by Crippen LogP contribution is -2.39. The van der Waals surface area contributed by atoms with Gasteiger partial charge in [-0.25, -0.2) is 9.78 Å². The molecular weight excluding hydrogens is 370 g/mol. The third kappa shape index (κ3) is 3.75. The van der Waals surface area contributed by atoms with Crippen LogP contribution in [0.15, 0.2) is 58.3 Å². The van der Waals surface area contributed by atoms with E-state index in [0.29, 0.717) is 0 Å². The minimum absolute atomic E-state index is 0.108. The highest BCUT2D eigenvalue weighted by molar-refractivity contribution is 6.29. The molecule has 0 spiro atoms. The number of nitrogens with one attached hydrogen (secondary N) is 1. The van der Waals surface area contributed by atoms with E-state index < -0.39 is 17.2 Å². The minimum atomic E-state index is -0.752. The summed E-state index contributed by atoms with van der Waals surface area (Å²) in [5.41, 5.74) is 5.61. The van der Waals surface area contributed by atoms with Crippen molar-refractivity contribution in [1.82, 2.24) is 14.5 Å². The number of nitrogens with zero attached hydrogens (tertiary/aromatic N) is 3. The highest BCUT2D eigenvalue weighted by Gasteiger charge is 2.22. The van der Waals surface area contributed by atoms with Crippen molar-refractivity contribution in [2.45, 2.75) is 6.54 Å². The summed E-state index contributed by atoms with van der Waals surface area (Å²) in [4.78, 5) is 44.4. The Hall–Kier alpha value is -3.39. The van der Waals surface area contributed by atoms with Crippen LogP contribution in [0.4, 0.5) is 11.5 Å². The molecule has 0 radical (unpaired) electrons. The molecule has 3 N–H and O–H groups in total. The molecule has 0 aliphatic heterocycles. The second-order valence-corrected chi connectivity index (χ2v) is 6.18. The lowest BCUT2D eigenvalue weighted by molar-refractivity contribution is 0.0992. The maximum absolute atomic E-state index is 12.7. The number of nitrogen functional groups attached to an aromatic ring is 1. The van der Waals surface area contributed by atoms with Gasteiger partial charge in [0.1, 0.15) is 11.0 Å². The number of aromatic amines is 1. The quantitative estimate of drug-likeness (QED) is 0.660. The van der Waals surface area contributed by atoms with Crippen LogP contribution in [0, 0.1) is 0 Å². The van der Waals surface area contributed by atoms with Gasteiger partial charge in [-0.1, -0.05) is 41.9 Å². The molecule has 138 valence electrons. The van der Waals surface area contributed by atoms with Crippen LogP contribution in [0.1, 0.15) is 15.9 Å². The largest absolute Gasteiger partial charge is 0.383 e. The summed E-state index contributed by atoms with van der Waals surface area (Å²) in [6.07, 6.45) is 1.38. The number of nitrogens with two attached hydrogens (primary N) is 1. The molecule has 1 aromatic carbocycles. The number of H-pyrrole nitrogens is 1. The van der Waals surface area contributed by atoms with Crippen molar-refractivity contribution in [2.75, 3.05) is 17.7 Å². The van der Waals surface area contributed by atoms with E-state index in [9.17, 15) is 14.4 Å². The Kier molecular flexibility index (Phi) is 5.09. The Morgan fingerprint density at radius 3 is 2.63 bits per heavy atom. The van der Waals surface area contributed by atoms with Crippen LogP contribution in [0.5, 0.6) is 0 Å². The Morgan fingerprint density at radius 1 is 1.26 bits per heavy atom. The molecule has 2 heterocycles. The molecule has 0 saturated heterocycles. The fraction of sp³-hybridized carbons (Fsp3) is 0.111. The number of anilines is 2. The first-order chi connectivity index (χ1) is 12.9. The predicted octanol–water partition coefficient (Wildman–Crippen LogP) is 1.49. The zero-order chi connectivity index (χ0) is 19.6. The third-order valence-corrected chi connectivity index (χ3v) is 4.22. The first-order valence-electron chi connectivity index (χ1n) is 7.94. The summed E-state index contributed by atoms with van der Waals surface area (Å²) < 4.78 is 1.20. The van der Waals surface area contributed by atoms with Crippen molar-refractivity contribution in [3.05, 3.63) is 85.8 Å². The SMILES string of the molecule is CN(C(=O)c1ccnc(Cl)c1)c1c(N)n(Cc2ccccc2)c(=O)[nH]c1=O. The topological polar surface area (TPSA) is 114 Å². The maximum atomic E-state index is 12.7. The van der Waals surface area contributed by atoms with Crippen LogP contribution in [-0.2, 0) is 6.54 Å². The molecule has 0 fully saturated rings. The van der Waals surface area contributed by atoms with Crippen LogP contribution in [0.3, 0.4) is 0 Å². The molecule has 0 aliphatic rings. The second kappa shape index (κ2) is 7.46. The van der Waals surface area contributed by atoms with Gasteiger partial charge in [-0.15, -0.1) is 0 Å². The Balaban J connectivity index is 2.05. The van der Waals surface area contributed by atoms with Crippen molar-refractivity contribution in [3.8, 4) is 0 Å². The fourth-order valence-corrected chi connectivity index (χ4v) is 2.83. The van der Waals surface area contributed by atoms with Crippen LogP contribution in [0.25, 0.3) is 0 Å². The molecule has 2 aromatic heterocycles. The number of carbonyl (C=O) groups is 1. The normalized spacial score (nSPS) is 10.6. The van der Waals surface area contributed by atoms with E-state index in [1.54, 1.807) is 0 Å². The first-order valence-corrected chi connectivity index (χ1v) is 8.32. The monoisotopic (exact) mass is 385 g/mol. The van der Waals surface area contributed by atoms with Crippen molar-refractivity contribution >= 4 is 29.0 Å². The Bertz CT molecular complexity index is 1110. The molecule has 0 bridgehead atoms. The van der Waals surface area contributed by atoms with E-state index in [1.165, 1.54) is 29.9 Å². The molecule has 0 aliphatic carbocycles. The summed E-state index contributed by atoms with van der Waals surface area (Å²) in [7, 11) is 1.40. The molecule has 8 nitrogen and oxygen atoms in total. The predicted molar refractivity (Wildman–Crippen MR) is 103 cm³/mol. The van der Waals surface area contributed by atoms with Crippen LogP contribution >= 0.6 is 11.6 Å². The minimum Gasteiger partial charge on any atom is -0.383 e. The highest BCUT2D eigenvalue weighted by Crippen LogP contribution is 2.19. The van der Waals surface area contributed by atoms with Gasteiger partial charge in [0.2, 0.25) is 0 Å². The van der Waals surface area contributed by atoms with Crippen molar-refractivity contribution in [3.63, 3.8) is 0 Å². The summed E-state index contributed by atoms with van der Waals surface area (Å²) in [6, 6.07) is 12.0. The van der Waals surface area contributed by atoms with Gasteiger partial charge in [-0.2, -0.15) is 0 Å². The molecule has 9 heteroatoms. The highest BCUT2D eigenvalue weighted by atomic mass is 35.5. The lowest BCUT2D eigenvalue weighted by Gasteiger charge is -2.20. The van der Waals surface area contributed by atoms with Gasteiger partial charge in [0.15, 0.2) is 5.69 Å². The van der Waals surface area contributed by atoms with Gasteiger partial charge < -0.3 is 10.6 Å².